The molecule has 48 heavy (non-hydrogen) atoms. The van der Waals surface area contributed by atoms with E-state index in [1.54, 1.807) is 35.2 Å². The number of nitrogens with one attached hydrogen (secondary N) is 1. The normalized spacial score (nSPS) is 16.6. The summed E-state index contributed by atoms with van der Waals surface area (Å²) in [5.74, 6) is -1.04. The molecule has 1 amide bonds. The zero-order valence-electron chi connectivity index (χ0n) is 26.8. The molecule has 1 saturated heterocycles. The Morgan fingerprint density at radius 2 is 1.69 bits per heavy atom. The molecule has 1 fully saturated rings. The van der Waals surface area contributed by atoms with E-state index in [0.29, 0.717) is 49.2 Å². The lowest BCUT2D eigenvalue weighted by atomic mass is 9.77. The Morgan fingerprint density at radius 3 is 2.35 bits per heavy atom. The Kier molecular flexibility index (Phi) is 11.1. The first-order valence-electron chi connectivity index (χ1n) is 15.8. The molecule has 9 nitrogen and oxygen atoms in total. The molecule has 0 aromatic heterocycles. The molecule has 252 valence electrons. The first-order chi connectivity index (χ1) is 23.0. The van der Waals surface area contributed by atoms with E-state index in [2.05, 4.69) is 4.72 Å². The van der Waals surface area contributed by atoms with Gasteiger partial charge in [0.1, 0.15) is 30.0 Å². The molecule has 1 unspecified atom stereocenters. The summed E-state index contributed by atoms with van der Waals surface area (Å²) in [4.78, 5) is 27.6. The number of rotatable bonds is 15. The van der Waals surface area contributed by atoms with Gasteiger partial charge in [0.15, 0.2) is 0 Å². The summed E-state index contributed by atoms with van der Waals surface area (Å²) in [5.41, 5.74) is 3.96. The maximum Gasteiger partial charge on any atom is 0.303 e. The largest absolute Gasteiger partial charge is 0.508 e. The van der Waals surface area contributed by atoms with Gasteiger partial charge >= 0.3 is 5.97 Å². The number of amides is 1. The number of β-lactam (4-membered cyclic amide) rings is 1. The average Bonchev–Trinajstić information content (AvgIpc) is 3.05. The summed E-state index contributed by atoms with van der Waals surface area (Å²) < 4.78 is 50.7. The van der Waals surface area contributed by atoms with Crippen LogP contribution in [0.15, 0.2) is 97.1 Å². The van der Waals surface area contributed by atoms with Crippen LogP contribution in [0.5, 0.6) is 11.5 Å². The lowest BCUT2D eigenvalue weighted by molar-refractivity contribution is -0.147. The Hall–Kier alpha value is -4.74. The van der Waals surface area contributed by atoms with E-state index >= 15 is 0 Å². The van der Waals surface area contributed by atoms with Crippen molar-refractivity contribution >= 4 is 27.6 Å². The van der Waals surface area contributed by atoms with Crippen LogP contribution < -0.4 is 14.4 Å². The molecule has 2 N–H and O–H groups in total. The highest BCUT2D eigenvalue weighted by atomic mass is 32.2. The fourth-order valence-corrected chi connectivity index (χ4v) is 6.49. The predicted molar refractivity (Wildman–Crippen MR) is 180 cm³/mol. The average molecular weight is 675 g/mol. The van der Waals surface area contributed by atoms with E-state index < -0.39 is 39.9 Å². The molecular formula is C37H39FN2O7S. The van der Waals surface area contributed by atoms with E-state index in [0.717, 1.165) is 22.9 Å². The molecule has 0 radical (unpaired) electrons. The van der Waals surface area contributed by atoms with Gasteiger partial charge < -0.3 is 19.5 Å². The van der Waals surface area contributed by atoms with Gasteiger partial charge in [-0.25, -0.2) is 17.5 Å². The van der Waals surface area contributed by atoms with Gasteiger partial charge in [-0.3, -0.25) is 9.59 Å². The van der Waals surface area contributed by atoms with Crippen molar-refractivity contribution < 1.29 is 37.0 Å². The fraction of sp³-hybridized carbons (Fsp3) is 0.297. The van der Waals surface area contributed by atoms with Gasteiger partial charge in [0.25, 0.3) is 0 Å². The van der Waals surface area contributed by atoms with Gasteiger partial charge in [0.05, 0.1) is 18.2 Å². The van der Waals surface area contributed by atoms with Crippen molar-refractivity contribution in [1.29, 1.82) is 0 Å². The van der Waals surface area contributed by atoms with E-state index in [-0.39, 0.29) is 18.3 Å². The van der Waals surface area contributed by atoms with Crippen LogP contribution in [-0.4, -0.2) is 38.2 Å². The zero-order chi connectivity index (χ0) is 34.3. The minimum Gasteiger partial charge on any atom is -0.508 e. The Balaban J connectivity index is 1.41. The highest BCUT2D eigenvalue weighted by molar-refractivity contribution is 7.88. The molecular weight excluding hydrogens is 635 g/mol. The van der Waals surface area contributed by atoms with E-state index in [1.165, 1.54) is 19.1 Å². The predicted octanol–water partition coefficient (Wildman–Crippen LogP) is 6.38. The van der Waals surface area contributed by atoms with Crippen LogP contribution in [0.2, 0.25) is 0 Å². The van der Waals surface area contributed by atoms with Crippen LogP contribution in [0, 0.1) is 11.7 Å². The van der Waals surface area contributed by atoms with Crippen LogP contribution in [0.4, 0.5) is 10.1 Å². The summed E-state index contributed by atoms with van der Waals surface area (Å²) in [6, 6.07) is 27.4. The lowest BCUT2D eigenvalue weighted by Crippen LogP contribution is -2.55. The van der Waals surface area contributed by atoms with Crippen molar-refractivity contribution in [3.05, 3.63) is 125 Å². The second-order valence-electron chi connectivity index (χ2n) is 11.9. The molecule has 0 spiro atoms. The van der Waals surface area contributed by atoms with Crippen LogP contribution in [0.1, 0.15) is 60.6 Å². The zero-order valence-corrected chi connectivity index (χ0v) is 27.7. The highest BCUT2D eigenvalue weighted by Gasteiger charge is 2.49. The number of nitrogens with zero attached hydrogens (tertiary/aromatic N) is 1. The number of halogens is 1. The Labute approximate surface area is 280 Å². The van der Waals surface area contributed by atoms with Crippen molar-refractivity contribution in [3.63, 3.8) is 0 Å². The highest BCUT2D eigenvalue weighted by Crippen LogP contribution is 2.49. The maximum atomic E-state index is 13.9. The molecule has 0 saturated carbocycles. The molecule has 1 heterocycles. The molecule has 11 heteroatoms. The number of phenols is 1. The molecule has 0 bridgehead atoms. The van der Waals surface area contributed by atoms with Crippen LogP contribution in [-0.2, 0) is 37.4 Å². The van der Waals surface area contributed by atoms with Gasteiger partial charge in [0.2, 0.25) is 15.9 Å². The topological polar surface area (TPSA) is 122 Å². The van der Waals surface area contributed by atoms with E-state index in [4.69, 9.17) is 9.47 Å². The summed E-state index contributed by atoms with van der Waals surface area (Å²) in [6.07, 6.45) is 2.41. The number of aryl methyl sites for hydroxylation is 1. The second-order valence-corrected chi connectivity index (χ2v) is 13.8. The molecule has 1 aliphatic rings. The molecule has 4 aromatic carbocycles. The van der Waals surface area contributed by atoms with Crippen molar-refractivity contribution in [1.82, 2.24) is 4.72 Å². The molecule has 5 rings (SSSR count). The SMILES string of the molecule is CC(=O)OC(CC[C@H]1C(=O)N(c2ccc(CCCNS(C)(=O)=O)cc2)[C@@H]1c1ccc(O)cc1OCc1ccccc1)c1ccc(F)cc1. The van der Waals surface area contributed by atoms with E-state index in [9.17, 15) is 27.5 Å². The summed E-state index contributed by atoms with van der Waals surface area (Å²) in [5, 5.41) is 10.4. The van der Waals surface area contributed by atoms with Gasteiger partial charge in [0, 0.05) is 30.8 Å². The van der Waals surface area contributed by atoms with Crippen molar-refractivity contribution in [3.8, 4) is 11.5 Å². The lowest BCUT2D eigenvalue weighted by Gasteiger charge is -2.48. The number of sulfonamides is 1. The number of hydrogen-bond acceptors (Lipinski definition) is 7. The quantitative estimate of drug-likeness (QED) is 0.0853. The summed E-state index contributed by atoms with van der Waals surface area (Å²) >= 11 is 0. The third-order valence-corrected chi connectivity index (χ3v) is 9.01. The number of carbonyl (C=O) groups is 2. The number of hydrogen-bond donors (Lipinski definition) is 2. The number of carbonyl (C=O) groups excluding carboxylic acids is 2. The minimum absolute atomic E-state index is 0.0245. The molecule has 3 atom stereocenters. The summed E-state index contributed by atoms with van der Waals surface area (Å²) in [6.45, 7) is 1.90. The van der Waals surface area contributed by atoms with Gasteiger partial charge in [-0.15, -0.1) is 0 Å². The Morgan fingerprint density at radius 1 is 0.979 bits per heavy atom. The van der Waals surface area contributed by atoms with Gasteiger partial charge in [-0.1, -0.05) is 54.6 Å². The number of ether oxygens (including phenoxy) is 2. The maximum absolute atomic E-state index is 13.9. The van der Waals surface area contributed by atoms with Crippen LogP contribution in [0.25, 0.3) is 0 Å². The molecule has 0 aliphatic carbocycles. The number of phenolic OH excluding ortho intramolecular Hbond substituents is 1. The van der Waals surface area contributed by atoms with Crippen LogP contribution in [0.3, 0.4) is 0 Å². The first kappa shape index (κ1) is 34.6. The number of benzene rings is 4. The van der Waals surface area contributed by atoms with Crippen molar-refractivity contribution in [2.24, 2.45) is 5.92 Å². The van der Waals surface area contributed by atoms with Crippen LogP contribution >= 0.6 is 0 Å². The number of anilines is 1. The molecule has 4 aromatic rings. The number of aromatic hydroxyl groups is 1. The second kappa shape index (κ2) is 15.4. The molecule has 1 aliphatic heterocycles. The van der Waals surface area contributed by atoms with Gasteiger partial charge in [-0.2, -0.15) is 0 Å². The Bertz CT molecular complexity index is 1820. The fourth-order valence-electron chi connectivity index (χ4n) is 5.98. The van der Waals surface area contributed by atoms with Crippen molar-refractivity contribution in [2.75, 3.05) is 17.7 Å². The van der Waals surface area contributed by atoms with E-state index in [1.807, 2.05) is 54.6 Å². The van der Waals surface area contributed by atoms with Gasteiger partial charge in [-0.05, 0) is 78.8 Å². The smallest absolute Gasteiger partial charge is 0.303 e. The standard InChI is InChI=1S/C37H39FN2O7S/c1-25(41)47-34(28-12-14-29(38)15-13-28)21-20-33-36(32-19-18-31(42)23-35(32)46-24-27-7-4-3-5-8-27)40(37(33)43)30-16-10-26(11-17-30)9-6-22-39-48(2,44)45/h3-5,7-8,10-19,23,33-34,36,39,42H,6,9,20-22,24H2,1-2H3/t33-,34?,36-/m1/s1. The number of esters is 1. The third-order valence-electron chi connectivity index (χ3n) is 8.28. The minimum atomic E-state index is -3.26. The third kappa shape index (κ3) is 8.99. The summed E-state index contributed by atoms with van der Waals surface area (Å²) in [7, 11) is -3.26. The van der Waals surface area contributed by atoms with Crippen molar-refractivity contribution in [2.45, 2.75) is 51.4 Å². The first-order valence-corrected chi connectivity index (χ1v) is 17.7. The monoisotopic (exact) mass is 674 g/mol.